The Kier molecular flexibility index (Phi) is 6.35. The van der Waals surface area contributed by atoms with Crippen LogP contribution >= 0.6 is 0 Å². The number of esters is 1. The van der Waals surface area contributed by atoms with Gasteiger partial charge in [-0.05, 0) is 50.7 Å². The van der Waals surface area contributed by atoms with Crippen LogP contribution in [0, 0.1) is 5.92 Å². The molecule has 0 spiro atoms. The van der Waals surface area contributed by atoms with Crippen molar-refractivity contribution in [3.8, 4) is 0 Å². The fraction of sp³-hybridized carbons (Fsp3) is 0.545. The van der Waals surface area contributed by atoms with Crippen molar-refractivity contribution in [2.75, 3.05) is 13.1 Å². The average Bonchev–Trinajstić information content (AvgIpc) is 2.96. The Morgan fingerprint density at radius 2 is 1.52 bits per heavy atom. The molecule has 0 bridgehead atoms. The highest BCUT2D eigenvalue weighted by molar-refractivity contribution is 6.22. The second-order valence-electron chi connectivity index (χ2n) is 8.14. The first-order chi connectivity index (χ1) is 13.8. The molecule has 3 rings (SSSR count). The van der Waals surface area contributed by atoms with Crippen molar-refractivity contribution in [2.24, 2.45) is 5.92 Å². The number of piperidine rings is 1. The number of nitrogens with zero attached hydrogens (tertiary/aromatic N) is 2. The first-order valence-corrected chi connectivity index (χ1v) is 10.3. The molecule has 0 aromatic heterocycles. The maximum absolute atomic E-state index is 13.0. The number of carbonyl (C=O) groups is 4. The lowest BCUT2D eigenvalue weighted by Gasteiger charge is -2.31. The predicted molar refractivity (Wildman–Crippen MR) is 106 cm³/mol. The molecule has 7 nitrogen and oxygen atoms in total. The number of carbonyl (C=O) groups excluding carboxylic acids is 4. The lowest BCUT2D eigenvalue weighted by atomic mass is 10.0. The molecular formula is C22H28N2O5. The van der Waals surface area contributed by atoms with Gasteiger partial charge in [0.15, 0.2) is 6.10 Å². The second kappa shape index (κ2) is 8.76. The molecule has 156 valence electrons. The van der Waals surface area contributed by atoms with Crippen LogP contribution in [0.5, 0.6) is 0 Å². The van der Waals surface area contributed by atoms with Gasteiger partial charge in [-0.3, -0.25) is 19.3 Å². The van der Waals surface area contributed by atoms with Crippen molar-refractivity contribution in [3.05, 3.63) is 35.4 Å². The summed E-state index contributed by atoms with van der Waals surface area (Å²) < 4.78 is 5.46. The largest absolute Gasteiger partial charge is 0.451 e. The molecule has 2 aliphatic heterocycles. The van der Waals surface area contributed by atoms with Crippen LogP contribution in [-0.2, 0) is 14.3 Å². The van der Waals surface area contributed by atoms with Crippen molar-refractivity contribution in [1.29, 1.82) is 0 Å². The monoisotopic (exact) mass is 400 g/mol. The van der Waals surface area contributed by atoms with E-state index in [1.807, 2.05) is 13.8 Å². The van der Waals surface area contributed by atoms with E-state index in [4.69, 9.17) is 4.74 Å². The van der Waals surface area contributed by atoms with Crippen LogP contribution in [0.15, 0.2) is 24.3 Å². The predicted octanol–water partition coefficient (Wildman–Crippen LogP) is 2.64. The maximum atomic E-state index is 13.0. The van der Waals surface area contributed by atoms with Crippen molar-refractivity contribution in [2.45, 2.75) is 58.6 Å². The van der Waals surface area contributed by atoms with E-state index in [9.17, 15) is 19.2 Å². The van der Waals surface area contributed by atoms with E-state index in [0.717, 1.165) is 24.2 Å². The van der Waals surface area contributed by atoms with Gasteiger partial charge in [0.05, 0.1) is 11.1 Å². The molecule has 0 aliphatic carbocycles. The van der Waals surface area contributed by atoms with Gasteiger partial charge >= 0.3 is 5.97 Å². The van der Waals surface area contributed by atoms with Crippen molar-refractivity contribution in [3.63, 3.8) is 0 Å². The minimum absolute atomic E-state index is 0.0463. The molecule has 2 aliphatic rings. The zero-order valence-corrected chi connectivity index (χ0v) is 17.2. The topological polar surface area (TPSA) is 84.0 Å². The van der Waals surface area contributed by atoms with Gasteiger partial charge in [0.2, 0.25) is 0 Å². The zero-order chi connectivity index (χ0) is 21.1. The quantitative estimate of drug-likeness (QED) is 0.541. The van der Waals surface area contributed by atoms with Crippen molar-refractivity contribution in [1.82, 2.24) is 9.80 Å². The van der Waals surface area contributed by atoms with Gasteiger partial charge in [-0.15, -0.1) is 0 Å². The summed E-state index contributed by atoms with van der Waals surface area (Å²) in [5.74, 6) is -1.90. The van der Waals surface area contributed by atoms with Crippen LogP contribution in [0.1, 0.15) is 67.2 Å². The third-order valence-electron chi connectivity index (χ3n) is 5.41. The van der Waals surface area contributed by atoms with Gasteiger partial charge in [-0.2, -0.15) is 0 Å². The smallest absolute Gasteiger partial charge is 0.330 e. The van der Waals surface area contributed by atoms with E-state index in [0.29, 0.717) is 13.1 Å². The number of fused-ring (bicyclic) bond motifs is 1. The van der Waals surface area contributed by atoms with Crippen LogP contribution < -0.4 is 0 Å². The highest BCUT2D eigenvalue weighted by atomic mass is 16.5. The van der Waals surface area contributed by atoms with Crippen molar-refractivity contribution >= 4 is 23.7 Å². The van der Waals surface area contributed by atoms with E-state index >= 15 is 0 Å². The summed E-state index contributed by atoms with van der Waals surface area (Å²) in [7, 11) is 0. The first kappa shape index (κ1) is 21.0. The first-order valence-electron chi connectivity index (χ1n) is 10.3. The fourth-order valence-corrected chi connectivity index (χ4v) is 3.92. The molecule has 2 atom stereocenters. The number of ether oxygens (including phenoxy) is 1. The van der Waals surface area contributed by atoms with E-state index in [2.05, 4.69) is 0 Å². The van der Waals surface area contributed by atoms with E-state index in [1.54, 1.807) is 36.1 Å². The van der Waals surface area contributed by atoms with Crippen LogP contribution in [0.3, 0.4) is 0 Å². The highest BCUT2D eigenvalue weighted by Gasteiger charge is 2.44. The lowest BCUT2D eigenvalue weighted by Crippen LogP contribution is -2.49. The van der Waals surface area contributed by atoms with Crippen LogP contribution in [0.4, 0.5) is 0 Å². The molecule has 1 aromatic carbocycles. The number of likely N-dealkylation sites (tertiary alicyclic amines) is 1. The molecular weight excluding hydrogens is 372 g/mol. The summed E-state index contributed by atoms with van der Waals surface area (Å²) in [6, 6.07) is 5.47. The van der Waals surface area contributed by atoms with E-state index < -0.39 is 29.9 Å². The average molecular weight is 400 g/mol. The summed E-state index contributed by atoms with van der Waals surface area (Å²) in [4.78, 5) is 53.9. The summed E-state index contributed by atoms with van der Waals surface area (Å²) in [5.41, 5.74) is 0.577. The Morgan fingerprint density at radius 1 is 0.966 bits per heavy atom. The van der Waals surface area contributed by atoms with Gasteiger partial charge in [0.1, 0.15) is 6.04 Å². The van der Waals surface area contributed by atoms with Gasteiger partial charge < -0.3 is 9.64 Å². The third-order valence-corrected chi connectivity index (χ3v) is 5.41. The summed E-state index contributed by atoms with van der Waals surface area (Å²) >= 11 is 0. The summed E-state index contributed by atoms with van der Waals surface area (Å²) in [6.07, 6.45) is 2.29. The second-order valence-corrected chi connectivity index (χ2v) is 8.14. The molecule has 2 heterocycles. The minimum Gasteiger partial charge on any atom is -0.451 e. The summed E-state index contributed by atoms with van der Waals surface area (Å²) in [6.45, 7) is 6.67. The molecule has 1 fully saturated rings. The van der Waals surface area contributed by atoms with Crippen molar-refractivity contribution < 1.29 is 23.9 Å². The molecule has 7 heteroatoms. The molecule has 0 unspecified atom stereocenters. The van der Waals surface area contributed by atoms with Gasteiger partial charge in [-0.25, -0.2) is 4.79 Å². The Bertz CT molecular complexity index is 778. The number of hydrogen-bond donors (Lipinski definition) is 0. The molecule has 0 saturated carbocycles. The fourth-order valence-electron chi connectivity index (χ4n) is 3.92. The standard InChI is InChI=1S/C22H28N2O5/c1-14(2)13-18(24-20(26)16-9-5-6-10-17(16)21(24)27)22(28)29-15(3)19(25)23-11-7-4-8-12-23/h5-6,9-10,14-15,18H,4,7-8,11-13H2,1-3H3/t15-,18+/m1/s1. The normalized spacial score (nSPS) is 18.6. The van der Waals surface area contributed by atoms with Gasteiger partial charge in [0, 0.05) is 13.1 Å². The number of amides is 3. The number of hydrogen-bond acceptors (Lipinski definition) is 5. The maximum Gasteiger partial charge on any atom is 0.330 e. The van der Waals surface area contributed by atoms with Crippen LogP contribution in [0.25, 0.3) is 0 Å². The van der Waals surface area contributed by atoms with E-state index in [-0.39, 0.29) is 29.4 Å². The molecule has 3 amide bonds. The van der Waals surface area contributed by atoms with Crippen LogP contribution in [-0.4, -0.2) is 58.7 Å². The Hall–Kier alpha value is -2.70. The molecule has 0 radical (unpaired) electrons. The van der Waals surface area contributed by atoms with Gasteiger partial charge in [0.25, 0.3) is 17.7 Å². The minimum atomic E-state index is -1.06. The number of benzene rings is 1. The van der Waals surface area contributed by atoms with Crippen LogP contribution in [0.2, 0.25) is 0 Å². The molecule has 1 saturated heterocycles. The Labute approximate surface area is 171 Å². The molecule has 29 heavy (non-hydrogen) atoms. The Morgan fingerprint density at radius 3 is 2.03 bits per heavy atom. The zero-order valence-electron chi connectivity index (χ0n) is 17.2. The summed E-state index contributed by atoms with van der Waals surface area (Å²) in [5, 5.41) is 0. The number of imide groups is 1. The molecule has 0 N–H and O–H groups in total. The lowest BCUT2D eigenvalue weighted by molar-refractivity contribution is -0.163. The van der Waals surface area contributed by atoms with E-state index in [1.165, 1.54) is 0 Å². The SMILES string of the molecule is CC(C)C[C@@H](C(=O)O[C@H](C)C(=O)N1CCCCC1)N1C(=O)c2ccccc2C1=O. The number of rotatable bonds is 6. The third kappa shape index (κ3) is 4.33. The Balaban J connectivity index is 1.76. The highest BCUT2D eigenvalue weighted by Crippen LogP contribution is 2.27. The molecule has 1 aromatic rings. The van der Waals surface area contributed by atoms with Gasteiger partial charge in [-0.1, -0.05) is 26.0 Å².